The van der Waals surface area contributed by atoms with Crippen LogP contribution in [0.3, 0.4) is 0 Å². The van der Waals surface area contributed by atoms with E-state index in [1.54, 1.807) is 0 Å². The zero-order valence-electron chi connectivity index (χ0n) is 29.0. The molecular weight excluding hydrogens is 512 g/mol. The molecule has 0 amide bonds. The van der Waals surface area contributed by atoms with Crippen molar-refractivity contribution < 1.29 is 9.47 Å². The minimum Gasteiger partial charge on any atom is -0.376 e. The molecule has 4 fully saturated rings. The van der Waals surface area contributed by atoms with Gasteiger partial charge >= 0.3 is 0 Å². The minimum atomic E-state index is 0.215. The van der Waals surface area contributed by atoms with Gasteiger partial charge in [0.2, 0.25) is 0 Å². The first kappa shape index (κ1) is 34.8. The highest BCUT2D eigenvalue weighted by atomic mass is 16.5. The molecule has 4 rings (SSSR count). The van der Waals surface area contributed by atoms with Crippen LogP contribution in [0.15, 0.2) is 0 Å². The topological polar surface area (TPSA) is 18.5 Å². The lowest BCUT2D eigenvalue weighted by atomic mass is 9.68. The Balaban J connectivity index is 0.988. The van der Waals surface area contributed by atoms with Crippen LogP contribution in [0.4, 0.5) is 0 Å². The van der Waals surface area contributed by atoms with Gasteiger partial charge in [-0.2, -0.15) is 0 Å². The third-order valence-electron chi connectivity index (χ3n) is 13.3. The summed E-state index contributed by atoms with van der Waals surface area (Å²) < 4.78 is 12.6. The number of hydrogen-bond donors (Lipinski definition) is 0. The molecule has 0 aliphatic heterocycles. The Hall–Kier alpha value is -0.0800. The second-order valence-electron chi connectivity index (χ2n) is 16.1. The van der Waals surface area contributed by atoms with E-state index in [-0.39, 0.29) is 12.2 Å². The van der Waals surface area contributed by atoms with Crippen LogP contribution in [-0.2, 0) is 9.47 Å². The maximum Gasteiger partial charge on any atom is 0.0805 e. The van der Waals surface area contributed by atoms with E-state index in [1.807, 2.05) is 0 Å². The average Bonchev–Trinajstić information content (AvgIpc) is 3.04. The molecule has 246 valence electrons. The summed E-state index contributed by atoms with van der Waals surface area (Å²) in [6.45, 7) is 11.0. The zero-order chi connectivity index (χ0) is 29.6. The zero-order valence-corrected chi connectivity index (χ0v) is 29.0. The van der Waals surface area contributed by atoms with E-state index in [2.05, 4.69) is 27.7 Å². The monoisotopic (exact) mass is 587 g/mol. The molecule has 0 N–H and O–H groups in total. The van der Waals surface area contributed by atoms with Gasteiger partial charge in [-0.25, -0.2) is 0 Å². The Morgan fingerprint density at radius 1 is 0.405 bits per heavy atom. The predicted molar refractivity (Wildman–Crippen MR) is 181 cm³/mol. The van der Waals surface area contributed by atoms with Gasteiger partial charge < -0.3 is 9.47 Å². The SMILES string of the molecule is CCCC[C@H]1CC[C@H](C2CCC(CCOC(C)C(C)OCCC3CCC([C@H]4CC[C@H](CCCC)CC4)CC3)CC2)CC1. The molecule has 4 aliphatic rings. The average molecular weight is 587 g/mol. The van der Waals surface area contributed by atoms with Crippen LogP contribution in [0.25, 0.3) is 0 Å². The summed E-state index contributed by atoms with van der Waals surface area (Å²) in [6, 6.07) is 0. The molecule has 0 spiro atoms. The van der Waals surface area contributed by atoms with Gasteiger partial charge in [0.15, 0.2) is 0 Å². The normalized spacial score (nSPS) is 36.0. The van der Waals surface area contributed by atoms with E-state index in [9.17, 15) is 0 Å². The molecule has 0 radical (unpaired) electrons. The van der Waals surface area contributed by atoms with Gasteiger partial charge in [0, 0.05) is 13.2 Å². The molecule has 42 heavy (non-hydrogen) atoms. The molecule has 0 bridgehead atoms. The van der Waals surface area contributed by atoms with Crippen LogP contribution in [-0.4, -0.2) is 25.4 Å². The first-order valence-corrected chi connectivity index (χ1v) is 19.8. The maximum atomic E-state index is 6.32. The Bertz CT molecular complexity index is 601. The van der Waals surface area contributed by atoms with E-state index < -0.39 is 0 Å². The van der Waals surface area contributed by atoms with Crippen LogP contribution in [0.5, 0.6) is 0 Å². The Labute approximate surface area is 263 Å². The van der Waals surface area contributed by atoms with Crippen molar-refractivity contribution in [3.63, 3.8) is 0 Å². The van der Waals surface area contributed by atoms with E-state index in [1.165, 1.54) is 154 Å². The third-order valence-corrected chi connectivity index (χ3v) is 13.3. The quantitative estimate of drug-likeness (QED) is 0.169. The fourth-order valence-electron chi connectivity index (χ4n) is 9.89. The summed E-state index contributed by atoms with van der Waals surface area (Å²) in [7, 11) is 0. The van der Waals surface area contributed by atoms with E-state index >= 15 is 0 Å². The molecule has 4 saturated carbocycles. The van der Waals surface area contributed by atoms with Crippen molar-refractivity contribution in [2.45, 2.75) is 194 Å². The predicted octanol–water partition coefficient (Wildman–Crippen LogP) is 12.2. The van der Waals surface area contributed by atoms with Crippen LogP contribution in [0.2, 0.25) is 0 Å². The highest BCUT2D eigenvalue weighted by Crippen LogP contribution is 2.44. The summed E-state index contributed by atoms with van der Waals surface area (Å²) in [5, 5.41) is 0. The minimum absolute atomic E-state index is 0.215. The maximum absolute atomic E-state index is 6.32. The van der Waals surface area contributed by atoms with Crippen LogP contribution in [0.1, 0.15) is 182 Å². The lowest BCUT2D eigenvalue weighted by Crippen LogP contribution is -2.29. The molecule has 0 heterocycles. The summed E-state index contributed by atoms with van der Waals surface area (Å²) in [5.74, 6) is 8.07. The molecule has 4 aliphatic carbocycles. The van der Waals surface area contributed by atoms with Crippen molar-refractivity contribution in [1.29, 1.82) is 0 Å². The Morgan fingerprint density at radius 2 is 0.667 bits per heavy atom. The van der Waals surface area contributed by atoms with E-state index in [0.717, 1.165) is 60.6 Å². The molecule has 2 heteroatoms. The van der Waals surface area contributed by atoms with Gasteiger partial charge in [0.05, 0.1) is 12.2 Å². The highest BCUT2D eigenvalue weighted by molar-refractivity contribution is 4.83. The number of unbranched alkanes of at least 4 members (excludes halogenated alkanes) is 2. The fraction of sp³-hybridized carbons (Fsp3) is 1.00. The smallest absolute Gasteiger partial charge is 0.0805 e. The Kier molecular flexibility index (Phi) is 16.1. The second kappa shape index (κ2) is 19.4. The molecule has 2 nitrogen and oxygen atoms in total. The largest absolute Gasteiger partial charge is 0.376 e. The summed E-state index contributed by atoms with van der Waals surface area (Å²) in [6.07, 6.45) is 35.6. The molecule has 0 aromatic heterocycles. The first-order chi connectivity index (χ1) is 20.6. The third kappa shape index (κ3) is 11.7. The summed E-state index contributed by atoms with van der Waals surface area (Å²) in [4.78, 5) is 0. The lowest BCUT2D eigenvalue weighted by Gasteiger charge is -2.38. The van der Waals surface area contributed by atoms with Crippen LogP contribution >= 0.6 is 0 Å². The van der Waals surface area contributed by atoms with Crippen molar-refractivity contribution in [1.82, 2.24) is 0 Å². The molecular formula is C40H74O2. The number of ether oxygens (including phenoxy) is 2. The molecule has 0 saturated heterocycles. The van der Waals surface area contributed by atoms with Gasteiger partial charge in [0.1, 0.15) is 0 Å². The molecule has 0 aromatic rings. The van der Waals surface area contributed by atoms with Crippen molar-refractivity contribution in [2.24, 2.45) is 47.3 Å². The lowest BCUT2D eigenvalue weighted by molar-refractivity contribution is -0.0635. The van der Waals surface area contributed by atoms with Gasteiger partial charge in [-0.3, -0.25) is 0 Å². The van der Waals surface area contributed by atoms with Gasteiger partial charge in [-0.05, 0) is 125 Å². The van der Waals surface area contributed by atoms with Gasteiger partial charge in [-0.15, -0.1) is 0 Å². The number of hydrogen-bond acceptors (Lipinski definition) is 2. The fourth-order valence-corrected chi connectivity index (χ4v) is 9.89. The summed E-state index contributed by atoms with van der Waals surface area (Å²) >= 11 is 0. The number of rotatable bonds is 17. The van der Waals surface area contributed by atoms with E-state index in [4.69, 9.17) is 9.47 Å². The molecule has 2 atom stereocenters. The van der Waals surface area contributed by atoms with Crippen molar-refractivity contribution in [3.05, 3.63) is 0 Å². The van der Waals surface area contributed by atoms with Gasteiger partial charge in [0.25, 0.3) is 0 Å². The highest BCUT2D eigenvalue weighted by Gasteiger charge is 2.32. The van der Waals surface area contributed by atoms with Crippen molar-refractivity contribution in [3.8, 4) is 0 Å². The van der Waals surface area contributed by atoms with E-state index in [0.29, 0.717) is 0 Å². The molecule has 2 unspecified atom stereocenters. The van der Waals surface area contributed by atoms with Crippen molar-refractivity contribution in [2.75, 3.05) is 13.2 Å². The van der Waals surface area contributed by atoms with Crippen LogP contribution < -0.4 is 0 Å². The first-order valence-electron chi connectivity index (χ1n) is 19.8. The van der Waals surface area contributed by atoms with Crippen LogP contribution in [0, 0.1) is 47.3 Å². The second-order valence-corrected chi connectivity index (χ2v) is 16.1. The van der Waals surface area contributed by atoms with Gasteiger partial charge in [-0.1, -0.05) is 104 Å². The summed E-state index contributed by atoms with van der Waals surface area (Å²) in [5.41, 5.74) is 0. The standard InChI is InChI=1S/C40H74O2/c1-5-7-9-33-11-19-37(20-12-33)39-23-15-35(16-24-39)27-29-41-31(3)32(4)42-30-28-36-17-25-40(26-18-36)38-21-13-34(14-22-38)10-8-6-2/h31-40H,5-30H2,1-4H3/t31?,32?,33-,34-,35?,36?,37-,38-,39?,40?. The van der Waals surface area contributed by atoms with Crippen molar-refractivity contribution >= 4 is 0 Å². The molecule has 0 aromatic carbocycles. The Morgan fingerprint density at radius 3 is 0.929 bits per heavy atom.